The van der Waals surface area contributed by atoms with Crippen molar-refractivity contribution in [1.29, 1.82) is 0 Å². The van der Waals surface area contributed by atoms with Gasteiger partial charge in [0.25, 0.3) is 11.5 Å². The van der Waals surface area contributed by atoms with Crippen molar-refractivity contribution in [3.8, 4) is 0 Å². The molecule has 0 atom stereocenters. The second-order valence-corrected chi connectivity index (χ2v) is 4.81. The maximum Gasteiger partial charge on any atom is 0.274 e. The molecule has 1 aromatic heterocycles. The van der Waals surface area contributed by atoms with Crippen LogP contribution in [0.25, 0.3) is 0 Å². The van der Waals surface area contributed by atoms with Gasteiger partial charge in [0.2, 0.25) is 0 Å². The number of hydrogen-bond donors (Lipinski definition) is 1. The Labute approximate surface area is 106 Å². The van der Waals surface area contributed by atoms with Crippen molar-refractivity contribution in [3.05, 3.63) is 28.2 Å². The van der Waals surface area contributed by atoms with Crippen LogP contribution in [0.2, 0.25) is 0 Å². The van der Waals surface area contributed by atoms with Crippen molar-refractivity contribution in [2.24, 2.45) is 7.05 Å². The minimum Gasteiger partial charge on any atom is -0.389 e. The van der Waals surface area contributed by atoms with Crippen LogP contribution >= 0.6 is 0 Å². The predicted molar refractivity (Wildman–Crippen MR) is 67.4 cm³/mol. The SMILES string of the molecule is CCN(CC(C)(C)O)C(=O)c1ccc(=O)n(C)n1. The second kappa shape index (κ2) is 5.30. The Hall–Kier alpha value is -1.69. The molecule has 1 heterocycles. The number of aryl methyl sites for hydroxylation is 1. The lowest BCUT2D eigenvalue weighted by Gasteiger charge is -2.27. The molecule has 0 saturated heterocycles. The molecule has 18 heavy (non-hydrogen) atoms. The van der Waals surface area contributed by atoms with Crippen molar-refractivity contribution in [1.82, 2.24) is 14.7 Å². The molecule has 0 aliphatic carbocycles. The third-order valence-corrected chi connectivity index (χ3v) is 2.43. The van der Waals surface area contributed by atoms with E-state index < -0.39 is 5.60 Å². The summed E-state index contributed by atoms with van der Waals surface area (Å²) in [5, 5.41) is 13.6. The molecule has 0 saturated carbocycles. The average molecular weight is 253 g/mol. The van der Waals surface area contributed by atoms with Crippen LogP contribution in [-0.4, -0.2) is 44.4 Å². The van der Waals surface area contributed by atoms with Crippen LogP contribution in [0.15, 0.2) is 16.9 Å². The fourth-order valence-electron chi connectivity index (χ4n) is 1.57. The van der Waals surface area contributed by atoms with E-state index in [9.17, 15) is 14.7 Å². The lowest BCUT2D eigenvalue weighted by molar-refractivity contribution is 0.0310. The predicted octanol–water partition coefficient (Wildman–Crippen LogP) is 0.0133. The fraction of sp³-hybridized carbons (Fsp3) is 0.583. The molecule has 0 aromatic carbocycles. The van der Waals surface area contributed by atoms with Crippen molar-refractivity contribution in [2.75, 3.05) is 13.1 Å². The fourth-order valence-corrected chi connectivity index (χ4v) is 1.57. The second-order valence-electron chi connectivity index (χ2n) is 4.81. The molecule has 0 fully saturated rings. The Balaban J connectivity index is 2.96. The maximum atomic E-state index is 12.2. The summed E-state index contributed by atoms with van der Waals surface area (Å²) in [6, 6.07) is 2.70. The number of nitrogens with zero attached hydrogens (tertiary/aromatic N) is 3. The van der Waals surface area contributed by atoms with Crippen molar-refractivity contribution in [2.45, 2.75) is 26.4 Å². The summed E-state index contributed by atoms with van der Waals surface area (Å²) < 4.78 is 1.12. The molecule has 6 heteroatoms. The number of carbonyl (C=O) groups is 1. The molecule has 1 aromatic rings. The molecular formula is C12H19N3O3. The molecule has 0 radical (unpaired) electrons. The van der Waals surface area contributed by atoms with E-state index in [1.807, 2.05) is 6.92 Å². The molecule has 1 amide bonds. The lowest BCUT2D eigenvalue weighted by atomic mass is 10.1. The first-order valence-corrected chi connectivity index (χ1v) is 5.80. The van der Waals surface area contributed by atoms with E-state index in [-0.39, 0.29) is 23.7 Å². The molecule has 1 rings (SSSR count). The van der Waals surface area contributed by atoms with Crippen LogP contribution in [0.3, 0.4) is 0 Å². The topological polar surface area (TPSA) is 75.4 Å². The zero-order valence-electron chi connectivity index (χ0n) is 11.2. The van der Waals surface area contributed by atoms with E-state index in [4.69, 9.17) is 0 Å². The van der Waals surface area contributed by atoms with Crippen LogP contribution in [0.4, 0.5) is 0 Å². The van der Waals surface area contributed by atoms with Gasteiger partial charge in [-0.2, -0.15) is 5.10 Å². The van der Waals surface area contributed by atoms with Crippen LogP contribution in [-0.2, 0) is 7.05 Å². The molecule has 0 bridgehead atoms. The molecule has 1 N–H and O–H groups in total. The van der Waals surface area contributed by atoms with Crippen molar-refractivity contribution < 1.29 is 9.90 Å². The summed E-state index contributed by atoms with van der Waals surface area (Å²) in [5.41, 5.74) is -1.04. The first kappa shape index (κ1) is 14.4. The summed E-state index contributed by atoms with van der Waals surface area (Å²) in [4.78, 5) is 24.8. The summed E-state index contributed by atoms with van der Waals surface area (Å²) in [5.74, 6) is -0.296. The van der Waals surface area contributed by atoms with Crippen LogP contribution in [0.1, 0.15) is 31.3 Å². The van der Waals surface area contributed by atoms with Gasteiger partial charge >= 0.3 is 0 Å². The van der Waals surface area contributed by atoms with Crippen molar-refractivity contribution in [3.63, 3.8) is 0 Å². The summed E-state index contributed by atoms with van der Waals surface area (Å²) >= 11 is 0. The molecule has 100 valence electrons. The number of hydrogen-bond acceptors (Lipinski definition) is 4. The highest BCUT2D eigenvalue weighted by atomic mass is 16.3. The lowest BCUT2D eigenvalue weighted by Crippen LogP contribution is -2.42. The quantitative estimate of drug-likeness (QED) is 0.820. The number of rotatable bonds is 4. The molecular weight excluding hydrogens is 234 g/mol. The minimum absolute atomic E-state index is 0.197. The Morgan fingerprint density at radius 1 is 1.50 bits per heavy atom. The largest absolute Gasteiger partial charge is 0.389 e. The van der Waals surface area contributed by atoms with Gasteiger partial charge in [0.05, 0.1) is 5.60 Å². The summed E-state index contributed by atoms with van der Waals surface area (Å²) in [6.45, 7) is 5.78. The highest BCUT2D eigenvalue weighted by Crippen LogP contribution is 2.07. The Kier molecular flexibility index (Phi) is 4.24. The number of likely N-dealkylation sites (N-methyl/N-ethyl adjacent to an activating group) is 1. The summed E-state index contributed by atoms with van der Waals surface area (Å²) in [6.07, 6.45) is 0. The molecule has 0 aliphatic rings. The third kappa shape index (κ3) is 3.66. The van der Waals surface area contributed by atoms with E-state index in [0.29, 0.717) is 6.54 Å². The van der Waals surface area contributed by atoms with E-state index in [1.54, 1.807) is 13.8 Å². The Morgan fingerprint density at radius 2 is 2.11 bits per heavy atom. The number of aromatic nitrogens is 2. The molecule has 6 nitrogen and oxygen atoms in total. The van der Waals surface area contributed by atoms with Gasteiger partial charge in [-0.05, 0) is 26.8 Å². The smallest absolute Gasteiger partial charge is 0.274 e. The minimum atomic E-state index is -0.966. The Bertz CT molecular complexity index is 488. The zero-order chi connectivity index (χ0) is 13.9. The van der Waals surface area contributed by atoms with E-state index in [2.05, 4.69) is 5.10 Å². The van der Waals surface area contributed by atoms with E-state index in [1.165, 1.54) is 24.1 Å². The maximum absolute atomic E-state index is 12.2. The standard InChI is InChI=1S/C12H19N3O3/c1-5-15(8-12(2,3)18)11(17)9-6-7-10(16)14(4)13-9/h6-7,18H,5,8H2,1-4H3. The molecule has 0 aliphatic heterocycles. The van der Waals surface area contributed by atoms with Gasteiger partial charge in [0.1, 0.15) is 5.69 Å². The zero-order valence-corrected chi connectivity index (χ0v) is 11.2. The Morgan fingerprint density at radius 3 is 2.56 bits per heavy atom. The van der Waals surface area contributed by atoms with Gasteiger partial charge in [-0.1, -0.05) is 0 Å². The number of aliphatic hydroxyl groups is 1. The molecule has 0 unspecified atom stereocenters. The highest BCUT2D eigenvalue weighted by molar-refractivity contribution is 5.92. The van der Waals surface area contributed by atoms with Crippen LogP contribution in [0, 0.1) is 0 Å². The number of carbonyl (C=O) groups excluding carboxylic acids is 1. The van der Waals surface area contributed by atoms with E-state index in [0.717, 1.165) is 4.68 Å². The monoisotopic (exact) mass is 253 g/mol. The highest BCUT2D eigenvalue weighted by Gasteiger charge is 2.23. The van der Waals surface area contributed by atoms with Gasteiger partial charge in [0, 0.05) is 26.2 Å². The van der Waals surface area contributed by atoms with Crippen LogP contribution < -0.4 is 5.56 Å². The van der Waals surface area contributed by atoms with Gasteiger partial charge in [0.15, 0.2) is 0 Å². The number of amides is 1. The van der Waals surface area contributed by atoms with Gasteiger partial charge in [-0.25, -0.2) is 4.68 Å². The van der Waals surface area contributed by atoms with Gasteiger partial charge in [-0.15, -0.1) is 0 Å². The van der Waals surface area contributed by atoms with Gasteiger partial charge in [-0.3, -0.25) is 9.59 Å². The van der Waals surface area contributed by atoms with E-state index >= 15 is 0 Å². The first-order valence-electron chi connectivity index (χ1n) is 5.80. The normalized spacial score (nSPS) is 11.4. The average Bonchev–Trinajstić information content (AvgIpc) is 2.27. The van der Waals surface area contributed by atoms with Crippen molar-refractivity contribution >= 4 is 5.91 Å². The van der Waals surface area contributed by atoms with Gasteiger partial charge < -0.3 is 10.0 Å². The first-order chi connectivity index (χ1) is 8.24. The molecule has 0 spiro atoms. The summed E-state index contributed by atoms with van der Waals surface area (Å²) in [7, 11) is 1.49. The third-order valence-electron chi connectivity index (χ3n) is 2.43. The van der Waals surface area contributed by atoms with Crippen LogP contribution in [0.5, 0.6) is 0 Å².